The van der Waals surface area contributed by atoms with Gasteiger partial charge in [-0.2, -0.15) is 0 Å². The monoisotopic (exact) mass is 467 g/mol. The largest absolute Gasteiger partial charge is 0.493 e. The second-order valence-corrected chi connectivity index (χ2v) is 8.62. The Kier molecular flexibility index (Phi) is 8.83. The summed E-state index contributed by atoms with van der Waals surface area (Å²) in [5.74, 6) is 0.0828. The minimum atomic E-state index is -1.07. The maximum atomic E-state index is 12.5. The van der Waals surface area contributed by atoms with E-state index in [0.717, 1.165) is 34.8 Å². The van der Waals surface area contributed by atoms with Crippen molar-refractivity contribution in [3.8, 4) is 5.75 Å². The number of aromatic nitrogens is 1. The van der Waals surface area contributed by atoms with Gasteiger partial charge in [-0.3, -0.25) is 4.79 Å². The highest BCUT2D eigenvalue weighted by molar-refractivity contribution is 7.10. The lowest BCUT2D eigenvalue weighted by molar-refractivity contribution is -0.139. The van der Waals surface area contributed by atoms with E-state index in [1.165, 1.54) is 11.3 Å². The van der Waals surface area contributed by atoms with Gasteiger partial charge in [0, 0.05) is 35.8 Å². The van der Waals surface area contributed by atoms with Gasteiger partial charge < -0.3 is 20.5 Å². The van der Waals surface area contributed by atoms with Gasteiger partial charge in [0.1, 0.15) is 17.6 Å². The summed E-state index contributed by atoms with van der Waals surface area (Å²) in [6.45, 7) is 2.56. The molecule has 33 heavy (non-hydrogen) atoms. The van der Waals surface area contributed by atoms with Gasteiger partial charge in [-0.15, -0.1) is 11.3 Å². The van der Waals surface area contributed by atoms with Crippen LogP contribution in [0.4, 0.5) is 5.82 Å². The number of hydrogen-bond acceptors (Lipinski definition) is 6. The Labute approximate surface area is 197 Å². The summed E-state index contributed by atoms with van der Waals surface area (Å²) in [5.41, 5.74) is 2.24. The van der Waals surface area contributed by atoms with Crippen molar-refractivity contribution < 1.29 is 19.4 Å². The molecule has 0 saturated carbocycles. The van der Waals surface area contributed by atoms with Gasteiger partial charge in [-0.1, -0.05) is 31.5 Å². The molecule has 1 atom stereocenters. The van der Waals surface area contributed by atoms with Crippen molar-refractivity contribution in [3.05, 3.63) is 75.6 Å². The number of carbonyl (C=O) groups is 2. The van der Waals surface area contributed by atoms with Crippen molar-refractivity contribution in [3.63, 3.8) is 0 Å². The molecule has 3 aromatic rings. The summed E-state index contributed by atoms with van der Waals surface area (Å²) >= 11 is 1.52. The number of aryl methyl sites for hydroxylation is 1. The second-order valence-electron chi connectivity index (χ2n) is 7.63. The van der Waals surface area contributed by atoms with Crippen LogP contribution < -0.4 is 15.4 Å². The number of benzene rings is 1. The zero-order chi connectivity index (χ0) is 23.6. The normalized spacial score (nSPS) is 11.6. The Balaban J connectivity index is 1.52. The van der Waals surface area contributed by atoms with Crippen LogP contribution in [0.3, 0.4) is 0 Å². The fourth-order valence-corrected chi connectivity index (χ4v) is 4.28. The highest BCUT2D eigenvalue weighted by Gasteiger charge is 2.22. The predicted octanol–water partition coefficient (Wildman–Crippen LogP) is 4.18. The molecular weight excluding hydrogens is 438 g/mol. The molecule has 0 bridgehead atoms. The number of rotatable bonds is 12. The Morgan fingerprint density at radius 2 is 1.94 bits per heavy atom. The molecule has 2 heterocycles. The van der Waals surface area contributed by atoms with Gasteiger partial charge >= 0.3 is 5.97 Å². The minimum Gasteiger partial charge on any atom is -0.493 e. The molecule has 0 fully saturated rings. The molecule has 0 unspecified atom stereocenters. The summed E-state index contributed by atoms with van der Waals surface area (Å²) < 4.78 is 5.79. The molecule has 2 aromatic heterocycles. The smallest absolute Gasteiger partial charge is 0.326 e. The topological polar surface area (TPSA) is 101 Å². The fraction of sp³-hybridized carbons (Fsp3) is 0.320. The summed E-state index contributed by atoms with van der Waals surface area (Å²) in [5, 5.41) is 17.0. The van der Waals surface area contributed by atoms with E-state index in [9.17, 15) is 14.7 Å². The van der Waals surface area contributed by atoms with Crippen LogP contribution in [0.25, 0.3) is 0 Å². The van der Waals surface area contributed by atoms with Crippen LogP contribution in [0, 0.1) is 0 Å². The van der Waals surface area contributed by atoms with Crippen molar-refractivity contribution in [2.75, 3.05) is 19.0 Å². The Morgan fingerprint density at radius 1 is 1.15 bits per heavy atom. The quantitative estimate of drug-likeness (QED) is 0.369. The SMILES string of the molecule is CCCc1cc(C(=O)N[C@@H](Cc2ccc(OCCc3cccc(NC)n3)cc2)C(=O)O)cs1. The number of pyridine rings is 1. The standard InChI is InChI=1S/C25H29N3O4S/c1-3-5-21-15-18(16-33-21)24(29)28-22(25(30)31)14-17-8-10-20(11-9-17)32-13-12-19-6-4-7-23(26-2)27-19/h4,6-11,15-16,22H,3,5,12-14H2,1-2H3,(H,26,27)(H,28,29)(H,30,31)/t22-/m0/s1. The van der Waals surface area contributed by atoms with Gasteiger partial charge in [-0.25, -0.2) is 9.78 Å². The number of aliphatic carboxylic acids is 1. The Hall–Kier alpha value is -3.39. The summed E-state index contributed by atoms with van der Waals surface area (Å²) in [4.78, 5) is 29.8. The van der Waals surface area contributed by atoms with E-state index in [4.69, 9.17) is 4.74 Å². The maximum absolute atomic E-state index is 12.5. The van der Waals surface area contributed by atoms with Crippen molar-refractivity contribution in [2.45, 2.75) is 38.6 Å². The first kappa shape index (κ1) is 24.3. The van der Waals surface area contributed by atoms with Crippen LogP contribution in [0.1, 0.15) is 39.8 Å². The van der Waals surface area contributed by atoms with Gasteiger partial charge in [0.2, 0.25) is 0 Å². The number of nitrogens with zero attached hydrogens (tertiary/aromatic N) is 1. The fourth-order valence-electron chi connectivity index (χ4n) is 3.31. The highest BCUT2D eigenvalue weighted by Crippen LogP contribution is 2.18. The van der Waals surface area contributed by atoms with Crippen LogP contribution in [0.5, 0.6) is 5.75 Å². The molecule has 0 radical (unpaired) electrons. The van der Waals surface area contributed by atoms with Crippen LogP contribution in [-0.4, -0.2) is 41.7 Å². The predicted molar refractivity (Wildman–Crippen MR) is 130 cm³/mol. The summed E-state index contributed by atoms with van der Waals surface area (Å²) in [6.07, 6.45) is 2.77. The number of amides is 1. The van der Waals surface area contributed by atoms with Gasteiger partial charge in [0.15, 0.2) is 0 Å². The zero-order valence-electron chi connectivity index (χ0n) is 18.8. The van der Waals surface area contributed by atoms with Gasteiger partial charge in [0.05, 0.1) is 12.2 Å². The first-order valence-electron chi connectivity index (χ1n) is 10.9. The number of ether oxygens (including phenoxy) is 1. The number of anilines is 1. The number of carboxylic acid groups (broad SMARTS) is 1. The van der Waals surface area contributed by atoms with Gasteiger partial charge in [-0.05, 0) is 42.3 Å². The van der Waals surface area contributed by atoms with E-state index in [1.807, 2.05) is 55.6 Å². The lowest BCUT2D eigenvalue weighted by Gasteiger charge is -2.15. The van der Waals surface area contributed by atoms with E-state index in [1.54, 1.807) is 5.38 Å². The van der Waals surface area contributed by atoms with Crippen LogP contribution in [-0.2, 0) is 24.1 Å². The molecule has 8 heteroatoms. The number of carboxylic acids is 1. The molecule has 0 aliphatic carbocycles. The third-order valence-electron chi connectivity index (χ3n) is 5.07. The van der Waals surface area contributed by atoms with Crippen molar-refractivity contribution in [2.24, 2.45) is 0 Å². The third kappa shape index (κ3) is 7.32. The van der Waals surface area contributed by atoms with Crippen molar-refractivity contribution >= 4 is 29.0 Å². The zero-order valence-corrected chi connectivity index (χ0v) is 19.7. The molecule has 3 N–H and O–H groups in total. The molecule has 0 aliphatic heterocycles. The average molecular weight is 468 g/mol. The average Bonchev–Trinajstić information content (AvgIpc) is 3.29. The summed E-state index contributed by atoms with van der Waals surface area (Å²) in [7, 11) is 1.83. The lowest BCUT2D eigenvalue weighted by Crippen LogP contribution is -2.42. The summed E-state index contributed by atoms with van der Waals surface area (Å²) in [6, 6.07) is 13.9. The highest BCUT2D eigenvalue weighted by atomic mass is 32.1. The Bertz CT molecular complexity index is 1070. The molecule has 0 aliphatic rings. The van der Waals surface area contributed by atoms with E-state index in [-0.39, 0.29) is 12.3 Å². The molecule has 174 valence electrons. The van der Waals surface area contributed by atoms with E-state index >= 15 is 0 Å². The number of thiophene rings is 1. The molecule has 7 nitrogen and oxygen atoms in total. The molecular formula is C25H29N3O4S. The second kappa shape index (κ2) is 12.0. The number of carbonyl (C=O) groups excluding carboxylic acids is 1. The van der Waals surface area contributed by atoms with Crippen molar-refractivity contribution in [1.82, 2.24) is 10.3 Å². The van der Waals surface area contributed by atoms with E-state index in [2.05, 4.69) is 22.5 Å². The number of nitrogens with one attached hydrogen (secondary N) is 2. The third-order valence-corrected chi connectivity index (χ3v) is 6.07. The Morgan fingerprint density at radius 3 is 2.64 bits per heavy atom. The molecule has 3 rings (SSSR count). The van der Waals surface area contributed by atoms with Crippen LogP contribution in [0.15, 0.2) is 53.9 Å². The maximum Gasteiger partial charge on any atom is 0.326 e. The first-order chi connectivity index (χ1) is 16.0. The van der Waals surface area contributed by atoms with E-state index in [0.29, 0.717) is 24.3 Å². The molecule has 0 saturated heterocycles. The first-order valence-corrected chi connectivity index (χ1v) is 11.8. The lowest BCUT2D eigenvalue weighted by atomic mass is 10.1. The minimum absolute atomic E-state index is 0.189. The van der Waals surface area contributed by atoms with E-state index < -0.39 is 12.0 Å². The number of hydrogen-bond donors (Lipinski definition) is 3. The van der Waals surface area contributed by atoms with Gasteiger partial charge in [0.25, 0.3) is 5.91 Å². The van der Waals surface area contributed by atoms with Crippen molar-refractivity contribution in [1.29, 1.82) is 0 Å². The molecule has 0 spiro atoms. The molecule has 1 amide bonds. The van der Waals surface area contributed by atoms with Crippen LogP contribution >= 0.6 is 11.3 Å². The molecule has 1 aromatic carbocycles. The van der Waals surface area contributed by atoms with Crippen LogP contribution in [0.2, 0.25) is 0 Å².